The van der Waals surface area contributed by atoms with Crippen LogP contribution in [0.5, 0.6) is 17.2 Å². The highest BCUT2D eigenvalue weighted by molar-refractivity contribution is 7.20. The third-order valence-electron chi connectivity index (χ3n) is 6.22. The van der Waals surface area contributed by atoms with Crippen LogP contribution < -0.4 is 30.4 Å². The minimum absolute atomic E-state index is 0.212. The lowest BCUT2D eigenvalue weighted by molar-refractivity contribution is -0.116. The molecule has 204 valence electrons. The van der Waals surface area contributed by atoms with Crippen molar-refractivity contribution in [2.45, 2.75) is 33.2 Å². The molecule has 0 aliphatic heterocycles. The quantitative estimate of drug-likeness (QED) is 0.307. The van der Waals surface area contributed by atoms with E-state index in [-0.39, 0.29) is 12.5 Å². The number of fused-ring (bicyclic) bond motifs is 1. The zero-order valence-corrected chi connectivity index (χ0v) is 23.4. The standard InChI is InChI=1S/C28H30N4O6S/c1-15(2)17-7-9-18(10-8-17)30-22(33)13-32-14-29-27-23(28(32)35)16(3)25(39-27)26(34)31-19-11-20(36-4)24(38-6)21(12-19)37-5/h7-12,14-15H,13H2,1-6H3,(H,30,33)(H,31,34). The largest absolute Gasteiger partial charge is 0.493 e. The molecule has 10 nitrogen and oxygen atoms in total. The highest BCUT2D eigenvalue weighted by Crippen LogP contribution is 2.40. The molecule has 4 aromatic rings. The number of rotatable bonds is 9. The van der Waals surface area contributed by atoms with Crippen LogP contribution in [0.4, 0.5) is 11.4 Å². The molecule has 0 aliphatic rings. The lowest BCUT2D eigenvalue weighted by Crippen LogP contribution is -2.28. The van der Waals surface area contributed by atoms with Crippen molar-refractivity contribution in [2.75, 3.05) is 32.0 Å². The molecule has 0 fully saturated rings. The third-order valence-corrected chi connectivity index (χ3v) is 7.42. The predicted octanol–water partition coefficient (Wildman–Crippen LogP) is 4.81. The number of benzene rings is 2. The average Bonchev–Trinajstić information content (AvgIpc) is 3.26. The second-order valence-corrected chi connectivity index (χ2v) is 10.1. The van der Waals surface area contributed by atoms with Crippen LogP contribution in [0.1, 0.15) is 40.6 Å². The van der Waals surface area contributed by atoms with Gasteiger partial charge in [0.1, 0.15) is 11.4 Å². The molecular formula is C28H30N4O6S. The fraction of sp³-hybridized carbons (Fsp3) is 0.286. The number of methoxy groups -OCH3 is 3. The summed E-state index contributed by atoms with van der Waals surface area (Å²) >= 11 is 1.10. The van der Waals surface area contributed by atoms with Crippen LogP contribution in [0, 0.1) is 6.92 Å². The Kier molecular flexibility index (Phi) is 8.20. The second kappa shape index (κ2) is 11.6. The van der Waals surface area contributed by atoms with Crippen molar-refractivity contribution in [3.8, 4) is 17.2 Å². The summed E-state index contributed by atoms with van der Waals surface area (Å²) in [6.07, 6.45) is 1.32. The first kappa shape index (κ1) is 27.6. The highest BCUT2D eigenvalue weighted by atomic mass is 32.1. The molecule has 0 saturated carbocycles. The van der Waals surface area contributed by atoms with Gasteiger partial charge in [-0.2, -0.15) is 0 Å². The molecule has 0 aliphatic carbocycles. The molecule has 2 amide bonds. The van der Waals surface area contributed by atoms with Crippen LogP contribution in [-0.4, -0.2) is 42.7 Å². The number of nitrogens with one attached hydrogen (secondary N) is 2. The van der Waals surface area contributed by atoms with Crippen molar-refractivity contribution in [3.63, 3.8) is 0 Å². The highest BCUT2D eigenvalue weighted by Gasteiger charge is 2.22. The molecular weight excluding hydrogens is 520 g/mol. The molecule has 2 heterocycles. The first-order valence-electron chi connectivity index (χ1n) is 12.2. The SMILES string of the molecule is COc1cc(NC(=O)c2sc3ncn(CC(=O)Nc4ccc(C(C)C)cc4)c(=O)c3c2C)cc(OC)c1OC. The van der Waals surface area contributed by atoms with E-state index in [1.165, 1.54) is 32.2 Å². The molecule has 2 aromatic carbocycles. The van der Waals surface area contributed by atoms with Gasteiger partial charge in [-0.05, 0) is 36.1 Å². The van der Waals surface area contributed by atoms with Gasteiger partial charge in [0.15, 0.2) is 11.5 Å². The van der Waals surface area contributed by atoms with Gasteiger partial charge in [0.05, 0.1) is 37.9 Å². The van der Waals surface area contributed by atoms with Crippen LogP contribution >= 0.6 is 11.3 Å². The van der Waals surface area contributed by atoms with E-state index in [0.717, 1.165) is 16.9 Å². The molecule has 0 unspecified atom stereocenters. The lowest BCUT2D eigenvalue weighted by atomic mass is 10.0. The molecule has 2 aromatic heterocycles. The summed E-state index contributed by atoms with van der Waals surface area (Å²) in [5, 5.41) is 5.92. The van der Waals surface area contributed by atoms with Gasteiger partial charge in [-0.15, -0.1) is 11.3 Å². The van der Waals surface area contributed by atoms with Crippen molar-refractivity contribution in [1.82, 2.24) is 9.55 Å². The van der Waals surface area contributed by atoms with Crippen LogP contribution in [0.3, 0.4) is 0 Å². The number of carbonyl (C=O) groups is 2. The maximum absolute atomic E-state index is 13.3. The molecule has 2 N–H and O–H groups in total. The van der Waals surface area contributed by atoms with Gasteiger partial charge in [0.2, 0.25) is 11.7 Å². The number of amides is 2. The number of hydrogen-bond acceptors (Lipinski definition) is 8. The van der Waals surface area contributed by atoms with E-state index in [1.807, 2.05) is 24.3 Å². The van der Waals surface area contributed by atoms with E-state index in [1.54, 1.807) is 19.1 Å². The number of hydrogen-bond donors (Lipinski definition) is 2. The first-order valence-corrected chi connectivity index (χ1v) is 13.0. The number of aromatic nitrogens is 2. The maximum atomic E-state index is 13.3. The second-order valence-electron chi connectivity index (χ2n) is 9.11. The van der Waals surface area contributed by atoms with E-state index in [4.69, 9.17) is 14.2 Å². The van der Waals surface area contributed by atoms with Gasteiger partial charge in [0, 0.05) is 23.5 Å². The summed E-state index contributed by atoms with van der Waals surface area (Å²) < 4.78 is 17.3. The van der Waals surface area contributed by atoms with E-state index in [9.17, 15) is 14.4 Å². The average molecular weight is 551 g/mol. The molecule has 39 heavy (non-hydrogen) atoms. The maximum Gasteiger partial charge on any atom is 0.266 e. The normalized spacial score (nSPS) is 10.9. The van der Waals surface area contributed by atoms with E-state index in [2.05, 4.69) is 29.5 Å². The van der Waals surface area contributed by atoms with Gasteiger partial charge >= 0.3 is 0 Å². The minimum Gasteiger partial charge on any atom is -0.493 e. The van der Waals surface area contributed by atoms with Crippen LogP contribution in [0.25, 0.3) is 10.2 Å². The van der Waals surface area contributed by atoms with Crippen molar-refractivity contribution >= 4 is 44.7 Å². The molecule has 0 atom stereocenters. The fourth-order valence-corrected chi connectivity index (χ4v) is 5.17. The molecule has 0 radical (unpaired) electrons. The Balaban J connectivity index is 1.56. The van der Waals surface area contributed by atoms with Crippen LogP contribution in [0.2, 0.25) is 0 Å². The number of ether oxygens (including phenoxy) is 3. The molecule has 11 heteroatoms. The summed E-state index contributed by atoms with van der Waals surface area (Å²) in [7, 11) is 4.46. The summed E-state index contributed by atoms with van der Waals surface area (Å²) in [6, 6.07) is 10.8. The summed E-state index contributed by atoms with van der Waals surface area (Å²) in [4.78, 5) is 44.2. The Morgan fingerprint density at radius 2 is 1.62 bits per heavy atom. The van der Waals surface area contributed by atoms with Crippen molar-refractivity contribution in [2.24, 2.45) is 0 Å². The number of carbonyl (C=O) groups excluding carboxylic acids is 2. The Morgan fingerprint density at radius 3 is 2.18 bits per heavy atom. The fourth-order valence-electron chi connectivity index (χ4n) is 4.14. The zero-order chi connectivity index (χ0) is 28.3. The Morgan fingerprint density at radius 1 is 0.974 bits per heavy atom. The van der Waals surface area contributed by atoms with Crippen molar-refractivity contribution in [3.05, 3.63) is 69.1 Å². The van der Waals surface area contributed by atoms with Gasteiger partial charge < -0.3 is 24.8 Å². The summed E-state index contributed by atoms with van der Waals surface area (Å²) in [5.41, 5.74) is 2.32. The monoisotopic (exact) mass is 550 g/mol. The predicted molar refractivity (Wildman–Crippen MR) is 152 cm³/mol. The molecule has 0 spiro atoms. The summed E-state index contributed by atoms with van der Waals surface area (Å²) in [6.45, 7) is 5.67. The third kappa shape index (κ3) is 5.73. The molecule has 0 saturated heterocycles. The van der Waals surface area contributed by atoms with E-state index >= 15 is 0 Å². The zero-order valence-electron chi connectivity index (χ0n) is 22.6. The number of anilines is 2. The van der Waals surface area contributed by atoms with Crippen molar-refractivity contribution in [1.29, 1.82) is 0 Å². The molecule has 0 bridgehead atoms. The van der Waals surface area contributed by atoms with E-state index in [0.29, 0.717) is 55.2 Å². The minimum atomic E-state index is -0.418. The molecule has 4 rings (SSSR count). The number of aryl methyl sites for hydroxylation is 1. The van der Waals surface area contributed by atoms with Gasteiger partial charge in [-0.25, -0.2) is 4.98 Å². The Labute approximate surface area is 229 Å². The first-order chi connectivity index (χ1) is 18.7. The number of nitrogens with zero attached hydrogens (tertiary/aromatic N) is 2. The van der Waals surface area contributed by atoms with Crippen LogP contribution in [0.15, 0.2) is 47.5 Å². The number of thiophene rings is 1. The smallest absolute Gasteiger partial charge is 0.266 e. The summed E-state index contributed by atoms with van der Waals surface area (Å²) in [5.74, 6) is 0.783. The Bertz CT molecular complexity index is 1570. The van der Waals surface area contributed by atoms with Crippen molar-refractivity contribution < 1.29 is 23.8 Å². The Hall–Kier alpha value is -4.38. The topological polar surface area (TPSA) is 121 Å². The lowest BCUT2D eigenvalue weighted by Gasteiger charge is -2.14. The van der Waals surface area contributed by atoms with E-state index < -0.39 is 11.5 Å². The van der Waals surface area contributed by atoms with Gasteiger partial charge in [0.25, 0.3) is 11.5 Å². The van der Waals surface area contributed by atoms with Gasteiger partial charge in [-0.1, -0.05) is 26.0 Å². The van der Waals surface area contributed by atoms with Gasteiger partial charge in [-0.3, -0.25) is 19.0 Å². The van der Waals surface area contributed by atoms with Crippen LogP contribution in [-0.2, 0) is 11.3 Å².